The quantitative estimate of drug-likeness (QED) is 0.236. The maximum absolute atomic E-state index is 9.07. The first kappa shape index (κ1) is 12.7. The van der Waals surface area contributed by atoms with E-state index in [4.69, 9.17) is 11.0 Å². The highest BCUT2D eigenvalue weighted by Gasteiger charge is 2.17. The molecule has 0 saturated heterocycles. The third kappa shape index (κ3) is 2.86. The van der Waals surface area contributed by atoms with Crippen LogP contribution in [0.25, 0.3) is 65.3 Å². The van der Waals surface area contributed by atoms with Crippen LogP contribution >= 0.6 is 0 Å². The molecule has 34 heavy (non-hydrogen) atoms. The minimum Gasteiger partial charge on any atom is -0.0616 e. The number of hydrogen-bond acceptors (Lipinski definition) is 0. The fraction of sp³-hybridized carbons (Fsp3) is 0. The van der Waals surface area contributed by atoms with E-state index in [9.17, 15) is 0 Å². The van der Waals surface area contributed by atoms with Gasteiger partial charge in [-0.2, -0.15) is 0 Å². The monoisotopic (exact) mass is 438 g/mol. The Hall–Kier alpha value is -4.42. The molecule has 7 rings (SSSR count). The summed E-state index contributed by atoms with van der Waals surface area (Å²) in [5.74, 6) is 0. The van der Waals surface area contributed by atoms with Gasteiger partial charge < -0.3 is 0 Å². The standard InChI is InChI=1S/C34H22/c1-2-12-25-22-26(21-20-23(25)10-1)33-29-15-5-7-17-31(29)34(32-18-8-6-16-30(32)33)28-19-9-13-24-11-3-4-14-27(24)28/h1-22H/i3D,4D,9D,11D,13D,14D,17D,19D. The van der Waals surface area contributed by atoms with Crippen molar-refractivity contribution in [3.8, 4) is 22.3 Å². The first-order valence-electron chi connectivity index (χ1n) is 15.1. The minimum atomic E-state index is -0.494. The van der Waals surface area contributed by atoms with Crippen LogP contribution < -0.4 is 0 Å². The van der Waals surface area contributed by atoms with Crippen molar-refractivity contribution in [1.82, 2.24) is 0 Å². The van der Waals surface area contributed by atoms with Gasteiger partial charge in [0.15, 0.2) is 0 Å². The average Bonchev–Trinajstić information content (AvgIpc) is 3.00. The Morgan fingerprint density at radius 2 is 1.09 bits per heavy atom. The molecule has 0 heteroatoms. The van der Waals surface area contributed by atoms with Gasteiger partial charge in [-0.1, -0.05) is 127 Å². The van der Waals surface area contributed by atoms with Crippen LogP contribution in [0.1, 0.15) is 11.0 Å². The highest BCUT2D eigenvalue weighted by atomic mass is 14.2. The molecule has 158 valence electrons. The van der Waals surface area contributed by atoms with Crippen LogP contribution in [0.15, 0.2) is 133 Å². The lowest BCUT2D eigenvalue weighted by Gasteiger charge is -2.19. The van der Waals surface area contributed by atoms with Gasteiger partial charge in [-0.15, -0.1) is 0 Å². The molecule has 0 aliphatic rings. The highest BCUT2D eigenvalue weighted by molar-refractivity contribution is 6.23. The second kappa shape index (κ2) is 7.57. The van der Waals surface area contributed by atoms with Gasteiger partial charge in [0.1, 0.15) is 0 Å². The summed E-state index contributed by atoms with van der Waals surface area (Å²) in [6, 6.07) is 24.6. The van der Waals surface area contributed by atoms with Crippen LogP contribution in [0.3, 0.4) is 0 Å². The van der Waals surface area contributed by atoms with Crippen molar-refractivity contribution in [3.63, 3.8) is 0 Å². The van der Waals surface area contributed by atoms with E-state index in [1.165, 1.54) is 0 Å². The second-order valence-electron chi connectivity index (χ2n) is 8.32. The van der Waals surface area contributed by atoms with Gasteiger partial charge in [0.05, 0.1) is 11.0 Å². The Balaban J connectivity index is 1.75. The third-order valence-electron chi connectivity index (χ3n) is 6.44. The van der Waals surface area contributed by atoms with Crippen molar-refractivity contribution in [2.24, 2.45) is 0 Å². The number of benzene rings is 7. The molecule has 0 unspecified atom stereocenters. The summed E-state index contributed by atoms with van der Waals surface area (Å²) in [6.07, 6.45) is 0. The molecule has 7 aromatic carbocycles. The average molecular weight is 439 g/mol. The molecule has 0 heterocycles. The number of fused-ring (bicyclic) bond motifs is 4. The smallest absolute Gasteiger partial charge is 0.0616 e. The first-order chi connectivity index (χ1) is 20.2. The second-order valence-corrected chi connectivity index (χ2v) is 8.32. The summed E-state index contributed by atoms with van der Waals surface area (Å²) >= 11 is 0. The van der Waals surface area contributed by atoms with Crippen LogP contribution in [0.5, 0.6) is 0 Å². The molecule has 0 aromatic heterocycles. The van der Waals surface area contributed by atoms with Crippen LogP contribution in [-0.4, -0.2) is 0 Å². The SMILES string of the molecule is [2H]c1c([2H])c([2H])c2c(-c3c4ccccc4c(-c4ccc5ccccc5c4)c4cccc([2H])c34)c([2H])c([2H])c([2H])c2c1[2H]. The van der Waals surface area contributed by atoms with Gasteiger partial charge in [0.25, 0.3) is 0 Å². The lowest BCUT2D eigenvalue weighted by molar-refractivity contribution is 1.68. The summed E-state index contributed by atoms with van der Waals surface area (Å²) in [5, 5.41) is 4.88. The van der Waals surface area contributed by atoms with Crippen molar-refractivity contribution in [2.75, 3.05) is 0 Å². The van der Waals surface area contributed by atoms with E-state index in [0.717, 1.165) is 32.7 Å². The van der Waals surface area contributed by atoms with Gasteiger partial charge in [-0.05, 0) is 71.4 Å². The fourth-order valence-corrected chi connectivity index (χ4v) is 4.97. The normalized spacial score (nSPS) is 14.8. The van der Waals surface area contributed by atoms with E-state index >= 15 is 0 Å². The maximum Gasteiger partial charge on any atom is 0.0629 e. The molecule has 0 N–H and O–H groups in total. The van der Waals surface area contributed by atoms with Gasteiger partial charge in [-0.25, -0.2) is 0 Å². The summed E-state index contributed by atoms with van der Waals surface area (Å²) in [5.41, 5.74) is 2.44. The summed E-state index contributed by atoms with van der Waals surface area (Å²) in [6.45, 7) is 0. The summed E-state index contributed by atoms with van der Waals surface area (Å²) in [7, 11) is 0. The Labute approximate surface area is 210 Å². The topological polar surface area (TPSA) is 0 Å². The Kier molecular flexibility index (Phi) is 2.83. The molecule has 0 spiro atoms. The predicted molar refractivity (Wildman–Crippen MR) is 147 cm³/mol. The van der Waals surface area contributed by atoms with Crippen LogP contribution in [0.2, 0.25) is 0 Å². The van der Waals surface area contributed by atoms with E-state index in [1.807, 2.05) is 48.5 Å². The van der Waals surface area contributed by atoms with E-state index < -0.39 is 30.2 Å². The molecule has 0 amide bonds. The van der Waals surface area contributed by atoms with Crippen molar-refractivity contribution in [1.29, 1.82) is 0 Å². The molecule has 0 nitrogen and oxygen atoms in total. The number of rotatable bonds is 2. The van der Waals surface area contributed by atoms with E-state index in [1.54, 1.807) is 6.07 Å². The van der Waals surface area contributed by atoms with Gasteiger partial charge >= 0.3 is 0 Å². The van der Waals surface area contributed by atoms with Crippen molar-refractivity contribution in [3.05, 3.63) is 133 Å². The third-order valence-corrected chi connectivity index (χ3v) is 6.44. The molecule has 0 aliphatic carbocycles. The Morgan fingerprint density at radius 1 is 0.412 bits per heavy atom. The molecular formula is C34H22. The Morgan fingerprint density at radius 3 is 1.97 bits per heavy atom. The Bertz CT molecular complexity index is 2280. The van der Waals surface area contributed by atoms with E-state index in [2.05, 4.69) is 30.3 Å². The summed E-state index contributed by atoms with van der Waals surface area (Å²) in [4.78, 5) is 0. The molecular weight excluding hydrogens is 408 g/mol. The maximum atomic E-state index is 9.07. The minimum absolute atomic E-state index is 0.0140. The van der Waals surface area contributed by atoms with Crippen molar-refractivity contribution in [2.45, 2.75) is 0 Å². The zero-order valence-electron chi connectivity index (χ0n) is 26.1. The molecule has 0 radical (unpaired) electrons. The molecule has 0 atom stereocenters. The molecule has 0 aliphatic heterocycles. The van der Waals surface area contributed by atoms with Gasteiger partial charge in [-0.3, -0.25) is 0 Å². The molecule has 0 bridgehead atoms. The molecule has 0 fully saturated rings. The number of hydrogen-bond donors (Lipinski definition) is 0. The zero-order chi connectivity index (χ0) is 29.4. The van der Waals surface area contributed by atoms with Crippen LogP contribution in [0, 0.1) is 0 Å². The van der Waals surface area contributed by atoms with Crippen LogP contribution in [0.4, 0.5) is 0 Å². The fourth-order valence-electron chi connectivity index (χ4n) is 4.97. The lowest BCUT2D eigenvalue weighted by Crippen LogP contribution is -1.91. The van der Waals surface area contributed by atoms with Gasteiger partial charge in [0.2, 0.25) is 0 Å². The largest absolute Gasteiger partial charge is 0.0629 e. The first-order valence-corrected chi connectivity index (χ1v) is 11.1. The van der Waals surface area contributed by atoms with E-state index in [-0.39, 0.29) is 34.5 Å². The summed E-state index contributed by atoms with van der Waals surface area (Å²) < 4.78 is 69.4. The highest BCUT2D eigenvalue weighted by Crippen LogP contribution is 2.45. The van der Waals surface area contributed by atoms with Crippen molar-refractivity contribution >= 4 is 43.1 Å². The zero-order valence-corrected chi connectivity index (χ0v) is 18.1. The predicted octanol–water partition coefficient (Wildman–Crippen LogP) is 9.63. The van der Waals surface area contributed by atoms with Crippen LogP contribution in [-0.2, 0) is 0 Å². The van der Waals surface area contributed by atoms with Gasteiger partial charge in [0, 0.05) is 0 Å². The van der Waals surface area contributed by atoms with E-state index in [0.29, 0.717) is 16.3 Å². The van der Waals surface area contributed by atoms with Crippen molar-refractivity contribution < 1.29 is 11.0 Å². The lowest BCUT2D eigenvalue weighted by atomic mass is 9.84. The molecule has 0 saturated carbocycles. The molecule has 7 aromatic rings.